The largest absolute Gasteiger partial charge is 0.487 e. The molecule has 0 bridgehead atoms. The average Bonchev–Trinajstić information content (AvgIpc) is 2.43. The lowest BCUT2D eigenvalue weighted by atomic mass is 10.3. The second-order valence-electron chi connectivity index (χ2n) is 4.07. The predicted octanol–water partition coefficient (Wildman–Crippen LogP) is 5.05. The highest BCUT2D eigenvalue weighted by Gasteiger charge is 2.07. The van der Waals surface area contributed by atoms with E-state index in [2.05, 4.69) is 10.3 Å². The molecule has 106 valence electrons. The van der Waals surface area contributed by atoms with Crippen LogP contribution in [0.1, 0.15) is 12.5 Å². The van der Waals surface area contributed by atoms with Crippen molar-refractivity contribution in [3.63, 3.8) is 0 Å². The van der Waals surface area contributed by atoms with Crippen molar-refractivity contribution in [3.8, 4) is 5.75 Å². The Balaban J connectivity index is 2.03. The number of benzene rings is 1. The average molecular weight is 332 g/mol. The number of aromatic nitrogens is 1. The van der Waals surface area contributed by atoms with Crippen molar-refractivity contribution in [1.82, 2.24) is 4.98 Å². The molecule has 20 heavy (non-hydrogen) atoms. The van der Waals surface area contributed by atoms with E-state index >= 15 is 0 Å². The summed E-state index contributed by atoms with van der Waals surface area (Å²) in [6.07, 6.45) is 1.75. The number of nitrogens with one attached hydrogen (secondary N) is 1. The number of ether oxygens (including phenoxy) is 1. The van der Waals surface area contributed by atoms with E-state index in [1.54, 1.807) is 18.3 Å². The van der Waals surface area contributed by atoms with Crippen molar-refractivity contribution < 1.29 is 4.74 Å². The Morgan fingerprint density at radius 1 is 1.10 bits per heavy atom. The molecule has 1 heterocycles. The maximum atomic E-state index is 6.04. The van der Waals surface area contributed by atoms with E-state index in [1.165, 1.54) is 0 Å². The van der Waals surface area contributed by atoms with Crippen molar-refractivity contribution in [2.45, 2.75) is 13.5 Å². The molecule has 0 unspecified atom stereocenters. The van der Waals surface area contributed by atoms with Gasteiger partial charge in [0.25, 0.3) is 0 Å². The molecular weight excluding hydrogens is 319 g/mol. The fourth-order valence-corrected chi connectivity index (χ4v) is 2.16. The standard InChI is InChI=1S/C14H13Cl3N2O/c1-2-18-14-4-3-9(7-19-14)8-20-13-6-11(16)10(15)5-12(13)17/h3-7H,2,8H2,1H3,(H,18,19). The predicted molar refractivity (Wildman–Crippen MR) is 84.2 cm³/mol. The minimum Gasteiger partial charge on any atom is -0.487 e. The van der Waals surface area contributed by atoms with Gasteiger partial charge in [0.05, 0.1) is 15.1 Å². The number of halogens is 3. The monoisotopic (exact) mass is 330 g/mol. The maximum absolute atomic E-state index is 6.04. The molecule has 0 aliphatic rings. The summed E-state index contributed by atoms with van der Waals surface area (Å²) in [5, 5.41) is 4.37. The number of anilines is 1. The van der Waals surface area contributed by atoms with E-state index in [9.17, 15) is 0 Å². The van der Waals surface area contributed by atoms with E-state index < -0.39 is 0 Å². The van der Waals surface area contributed by atoms with Crippen LogP contribution in [0.15, 0.2) is 30.5 Å². The van der Waals surface area contributed by atoms with Gasteiger partial charge < -0.3 is 10.1 Å². The molecule has 1 aromatic heterocycles. The fourth-order valence-electron chi connectivity index (χ4n) is 1.57. The summed E-state index contributed by atoms with van der Waals surface area (Å²) in [4.78, 5) is 4.26. The number of nitrogens with zero attached hydrogens (tertiary/aromatic N) is 1. The summed E-state index contributed by atoms with van der Waals surface area (Å²) >= 11 is 17.8. The number of rotatable bonds is 5. The Bertz CT molecular complexity index is 588. The van der Waals surface area contributed by atoms with Gasteiger partial charge in [-0.15, -0.1) is 0 Å². The van der Waals surface area contributed by atoms with E-state index in [0.29, 0.717) is 27.4 Å². The summed E-state index contributed by atoms with van der Waals surface area (Å²) in [6, 6.07) is 7.01. The molecule has 0 saturated carbocycles. The molecule has 2 aromatic rings. The normalized spacial score (nSPS) is 10.4. The van der Waals surface area contributed by atoms with Gasteiger partial charge in [-0.05, 0) is 19.1 Å². The van der Waals surface area contributed by atoms with E-state index in [0.717, 1.165) is 17.9 Å². The van der Waals surface area contributed by atoms with Crippen molar-refractivity contribution in [1.29, 1.82) is 0 Å². The van der Waals surface area contributed by atoms with E-state index in [-0.39, 0.29) is 0 Å². The molecule has 0 spiro atoms. The summed E-state index contributed by atoms with van der Waals surface area (Å²) < 4.78 is 5.62. The first-order valence-electron chi connectivity index (χ1n) is 6.06. The van der Waals surface area contributed by atoms with Crippen molar-refractivity contribution >= 4 is 40.6 Å². The molecule has 0 atom stereocenters. The molecule has 0 aliphatic carbocycles. The van der Waals surface area contributed by atoms with Gasteiger partial charge in [0.15, 0.2) is 0 Å². The molecule has 0 fully saturated rings. The minimum atomic E-state index is 0.358. The van der Waals surface area contributed by atoms with Crippen molar-refractivity contribution in [2.75, 3.05) is 11.9 Å². The second kappa shape index (κ2) is 7.02. The Hall–Kier alpha value is -1.16. The van der Waals surface area contributed by atoms with Crippen LogP contribution in [-0.2, 0) is 6.61 Å². The molecule has 0 saturated heterocycles. The first-order chi connectivity index (χ1) is 9.60. The molecule has 1 N–H and O–H groups in total. The number of hydrogen-bond donors (Lipinski definition) is 1. The minimum absolute atomic E-state index is 0.358. The van der Waals surface area contributed by atoms with Gasteiger partial charge in [-0.25, -0.2) is 4.98 Å². The fraction of sp³-hybridized carbons (Fsp3) is 0.214. The summed E-state index contributed by atoms with van der Waals surface area (Å²) in [7, 11) is 0. The Kier molecular flexibility index (Phi) is 5.35. The summed E-state index contributed by atoms with van der Waals surface area (Å²) in [5.74, 6) is 1.33. The van der Waals surface area contributed by atoms with Crippen LogP contribution in [0.5, 0.6) is 5.75 Å². The SMILES string of the molecule is CCNc1ccc(COc2cc(Cl)c(Cl)cc2Cl)cn1. The van der Waals surface area contributed by atoms with Gasteiger partial charge in [0, 0.05) is 24.4 Å². The molecule has 6 heteroatoms. The van der Waals surface area contributed by atoms with Gasteiger partial charge in [0.2, 0.25) is 0 Å². The first-order valence-corrected chi connectivity index (χ1v) is 7.19. The van der Waals surface area contributed by atoms with Gasteiger partial charge in [-0.2, -0.15) is 0 Å². The number of pyridine rings is 1. The molecule has 3 nitrogen and oxygen atoms in total. The van der Waals surface area contributed by atoms with Crippen molar-refractivity contribution in [2.24, 2.45) is 0 Å². The maximum Gasteiger partial charge on any atom is 0.139 e. The van der Waals surface area contributed by atoms with Crippen molar-refractivity contribution in [3.05, 3.63) is 51.1 Å². The smallest absolute Gasteiger partial charge is 0.139 e. The second-order valence-corrected chi connectivity index (χ2v) is 5.29. The lowest BCUT2D eigenvalue weighted by Gasteiger charge is -2.10. The third-order valence-electron chi connectivity index (χ3n) is 2.55. The quantitative estimate of drug-likeness (QED) is 0.778. The zero-order chi connectivity index (χ0) is 14.5. The van der Waals surface area contributed by atoms with Gasteiger partial charge in [-0.1, -0.05) is 40.9 Å². The molecule has 0 amide bonds. The Morgan fingerprint density at radius 3 is 2.50 bits per heavy atom. The lowest BCUT2D eigenvalue weighted by Crippen LogP contribution is -2.01. The van der Waals surface area contributed by atoms with Gasteiger partial charge in [-0.3, -0.25) is 0 Å². The molecule has 0 aliphatic heterocycles. The molecule has 1 aromatic carbocycles. The Morgan fingerprint density at radius 2 is 1.85 bits per heavy atom. The molecule has 0 radical (unpaired) electrons. The summed E-state index contributed by atoms with van der Waals surface area (Å²) in [5.41, 5.74) is 0.939. The first kappa shape index (κ1) is 15.2. The third-order valence-corrected chi connectivity index (χ3v) is 3.57. The highest BCUT2D eigenvalue weighted by atomic mass is 35.5. The lowest BCUT2D eigenvalue weighted by molar-refractivity contribution is 0.306. The molecule has 2 rings (SSSR count). The third kappa shape index (κ3) is 3.92. The summed E-state index contributed by atoms with van der Waals surface area (Å²) in [6.45, 7) is 3.21. The van der Waals surface area contributed by atoms with E-state index in [4.69, 9.17) is 39.5 Å². The van der Waals surface area contributed by atoms with Crippen LogP contribution >= 0.6 is 34.8 Å². The van der Waals surface area contributed by atoms with Gasteiger partial charge in [0.1, 0.15) is 18.2 Å². The van der Waals surface area contributed by atoms with Crippen LogP contribution in [0.2, 0.25) is 15.1 Å². The van der Waals surface area contributed by atoms with E-state index in [1.807, 2.05) is 19.1 Å². The van der Waals surface area contributed by atoms with Crippen LogP contribution in [-0.4, -0.2) is 11.5 Å². The van der Waals surface area contributed by atoms with Crippen LogP contribution in [0.25, 0.3) is 0 Å². The molecular formula is C14H13Cl3N2O. The van der Waals surface area contributed by atoms with Crippen LogP contribution in [0, 0.1) is 0 Å². The zero-order valence-electron chi connectivity index (χ0n) is 10.8. The highest BCUT2D eigenvalue weighted by Crippen LogP contribution is 2.34. The number of hydrogen-bond acceptors (Lipinski definition) is 3. The van der Waals surface area contributed by atoms with Crippen LogP contribution < -0.4 is 10.1 Å². The van der Waals surface area contributed by atoms with Gasteiger partial charge >= 0.3 is 0 Å². The zero-order valence-corrected chi connectivity index (χ0v) is 13.1. The highest BCUT2D eigenvalue weighted by molar-refractivity contribution is 6.43. The topological polar surface area (TPSA) is 34.1 Å². The Labute approximate surface area is 132 Å². The van der Waals surface area contributed by atoms with Crippen LogP contribution in [0.3, 0.4) is 0 Å². The van der Waals surface area contributed by atoms with Crippen LogP contribution in [0.4, 0.5) is 5.82 Å².